The lowest BCUT2D eigenvalue weighted by Gasteiger charge is -2.08. The SMILES string of the molecule is CC(C)CNCc1cc(=O)[nH]c(-c2ccccc2)n1. The molecule has 0 radical (unpaired) electrons. The Bertz CT molecular complexity index is 575. The standard InChI is InChI=1S/C15H19N3O/c1-11(2)9-16-10-13-8-14(19)18-15(17-13)12-6-4-3-5-7-12/h3-8,11,16H,9-10H2,1-2H3,(H,17,18,19). The van der Waals surface area contributed by atoms with Gasteiger partial charge < -0.3 is 10.3 Å². The van der Waals surface area contributed by atoms with Crippen molar-refractivity contribution < 1.29 is 0 Å². The van der Waals surface area contributed by atoms with E-state index in [4.69, 9.17) is 0 Å². The third-order valence-electron chi connectivity index (χ3n) is 2.70. The Kier molecular flexibility index (Phi) is 4.47. The van der Waals surface area contributed by atoms with Crippen molar-refractivity contribution >= 4 is 0 Å². The molecule has 0 spiro atoms. The lowest BCUT2D eigenvalue weighted by atomic mass is 10.2. The molecule has 2 aromatic rings. The second-order valence-electron chi connectivity index (χ2n) is 4.98. The van der Waals surface area contributed by atoms with Gasteiger partial charge in [0.05, 0.1) is 5.69 Å². The summed E-state index contributed by atoms with van der Waals surface area (Å²) in [6.07, 6.45) is 0. The van der Waals surface area contributed by atoms with Crippen LogP contribution >= 0.6 is 0 Å². The van der Waals surface area contributed by atoms with E-state index in [1.807, 2.05) is 30.3 Å². The van der Waals surface area contributed by atoms with Gasteiger partial charge in [0.15, 0.2) is 0 Å². The molecule has 0 aliphatic heterocycles. The van der Waals surface area contributed by atoms with Crippen molar-refractivity contribution in [3.8, 4) is 11.4 Å². The minimum absolute atomic E-state index is 0.116. The van der Waals surface area contributed by atoms with E-state index in [9.17, 15) is 4.79 Å². The minimum atomic E-state index is -0.116. The molecule has 1 aromatic heterocycles. The van der Waals surface area contributed by atoms with Gasteiger partial charge in [0.2, 0.25) is 0 Å². The van der Waals surface area contributed by atoms with Gasteiger partial charge >= 0.3 is 0 Å². The molecule has 0 saturated carbocycles. The summed E-state index contributed by atoms with van der Waals surface area (Å²) in [5.41, 5.74) is 1.57. The van der Waals surface area contributed by atoms with Gasteiger partial charge in [-0.3, -0.25) is 4.79 Å². The molecule has 0 atom stereocenters. The average Bonchev–Trinajstić information content (AvgIpc) is 2.39. The molecule has 19 heavy (non-hydrogen) atoms. The Morgan fingerprint density at radius 3 is 2.68 bits per heavy atom. The maximum Gasteiger partial charge on any atom is 0.251 e. The van der Waals surface area contributed by atoms with Crippen molar-refractivity contribution in [1.82, 2.24) is 15.3 Å². The molecule has 1 heterocycles. The lowest BCUT2D eigenvalue weighted by molar-refractivity contribution is 0.548. The summed E-state index contributed by atoms with van der Waals surface area (Å²) in [7, 11) is 0. The van der Waals surface area contributed by atoms with E-state index < -0.39 is 0 Å². The smallest absolute Gasteiger partial charge is 0.251 e. The number of hydrogen-bond donors (Lipinski definition) is 2. The van der Waals surface area contributed by atoms with E-state index in [0.717, 1.165) is 17.8 Å². The highest BCUT2D eigenvalue weighted by molar-refractivity contribution is 5.54. The van der Waals surface area contributed by atoms with Crippen LogP contribution in [0.2, 0.25) is 0 Å². The number of rotatable bonds is 5. The summed E-state index contributed by atoms with van der Waals surface area (Å²) in [4.78, 5) is 18.9. The first-order chi connectivity index (χ1) is 9.15. The van der Waals surface area contributed by atoms with E-state index in [2.05, 4.69) is 29.1 Å². The van der Waals surface area contributed by atoms with Crippen LogP contribution in [-0.4, -0.2) is 16.5 Å². The van der Waals surface area contributed by atoms with Crippen molar-refractivity contribution in [2.45, 2.75) is 20.4 Å². The van der Waals surface area contributed by atoms with Crippen molar-refractivity contribution in [2.75, 3.05) is 6.54 Å². The summed E-state index contributed by atoms with van der Waals surface area (Å²) in [6.45, 7) is 5.82. The van der Waals surface area contributed by atoms with E-state index in [1.54, 1.807) is 6.07 Å². The number of aromatic nitrogens is 2. The normalized spacial score (nSPS) is 10.9. The molecule has 0 fully saturated rings. The molecular formula is C15H19N3O. The monoisotopic (exact) mass is 257 g/mol. The molecule has 0 amide bonds. The van der Waals surface area contributed by atoms with Gasteiger partial charge in [-0.05, 0) is 12.5 Å². The largest absolute Gasteiger partial charge is 0.311 e. The van der Waals surface area contributed by atoms with Gasteiger partial charge in [0.1, 0.15) is 5.82 Å². The van der Waals surface area contributed by atoms with Crippen molar-refractivity contribution in [3.63, 3.8) is 0 Å². The number of aromatic amines is 1. The summed E-state index contributed by atoms with van der Waals surface area (Å²) in [6, 6.07) is 11.2. The lowest BCUT2D eigenvalue weighted by Crippen LogP contribution is -2.21. The average molecular weight is 257 g/mol. The van der Waals surface area contributed by atoms with Gasteiger partial charge in [0.25, 0.3) is 5.56 Å². The fourth-order valence-corrected chi connectivity index (χ4v) is 1.82. The molecule has 0 unspecified atom stereocenters. The van der Waals surface area contributed by atoms with E-state index in [0.29, 0.717) is 18.3 Å². The van der Waals surface area contributed by atoms with Crippen LogP contribution in [-0.2, 0) is 6.54 Å². The topological polar surface area (TPSA) is 57.8 Å². The summed E-state index contributed by atoms with van der Waals surface area (Å²) in [5.74, 6) is 1.20. The second-order valence-corrected chi connectivity index (χ2v) is 4.98. The highest BCUT2D eigenvalue weighted by Gasteiger charge is 2.03. The van der Waals surface area contributed by atoms with Gasteiger partial charge in [-0.1, -0.05) is 44.2 Å². The Hall–Kier alpha value is -1.94. The Morgan fingerprint density at radius 1 is 1.26 bits per heavy atom. The molecular weight excluding hydrogens is 238 g/mol. The zero-order valence-electron chi connectivity index (χ0n) is 11.3. The highest BCUT2D eigenvalue weighted by Crippen LogP contribution is 2.12. The molecule has 0 aliphatic rings. The number of nitrogens with zero attached hydrogens (tertiary/aromatic N) is 1. The fraction of sp³-hybridized carbons (Fsp3) is 0.333. The maximum atomic E-state index is 11.7. The first kappa shape index (κ1) is 13.5. The van der Waals surface area contributed by atoms with Crippen LogP contribution in [0, 0.1) is 5.92 Å². The van der Waals surface area contributed by atoms with Crippen molar-refractivity contribution in [3.05, 3.63) is 52.4 Å². The van der Waals surface area contributed by atoms with Crippen molar-refractivity contribution in [2.24, 2.45) is 5.92 Å². The quantitative estimate of drug-likeness (QED) is 0.863. The Morgan fingerprint density at radius 2 is 2.00 bits per heavy atom. The van der Waals surface area contributed by atoms with Crippen LogP contribution in [0.1, 0.15) is 19.5 Å². The summed E-state index contributed by atoms with van der Waals surface area (Å²) >= 11 is 0. The number of nitrogens with one attached hydrogen (secondary N) is 2. The Labute approximate surface area is 112 Å². The molecule has 100 valence electrons. The second kappa shape index (κ2) is 6.29. The molecule has 2 N–H and O–H groups in total. The zero-order valence-corrected chi connectivity index (χ0v) is 11.3. The molecule has 0 aliphatic carbocycles. The number of benzene rings is 1. The molecule has 2 rings (SSSR count). The van der Waals surface area contributed by atoms with Crippen LogP contribution in [0.15, 0.2) is 41.2 Å². The van der Waals surface area contributed by atoms with Crippen LogP contribution in [0.4, 0.5) is 0 Å². The van der Waals surface area contributed by atoms with Crippen molar-refractivity contribution in [1.29, 1.82) is 0 Å². The van der Waals surface area contributed by atoms with Crippen LogP contribution in [0.5, 0.6) is 0 Å². The van der Waals surface area contributed by atoms with E-state index in [-0.39, 0.29) is 5.56 Å². The van der Waals surface area contributed by atoms with Gasteiger partial charge in [-0.2, -0.15) is 0 Å². The van der Waals surface area contributed by atoms with Gasteiger partial charge in [-0.25, -0.2) is 4.98 Å². The van der Waals surface area contributed by atoms with Crippen LogP contribution < -0.4 is 10.9 Å². The van der Waals surface area contributed by atoms with Gasteiger partial charge in [-0.15, -0.1) is 0 Å². The zero-order chi connectivity index (χ0) is 13.7. The minimum Gasteiger partial charge on any atom is -0.311 e. The van der Waals surface area contributed by atoms with Crippen LogP contribution in [0.25, 0.3) is 11.4 Å². The fourth-order valence-electron chi connectivity index (χ4n) is 1.82. The van der Waals surface area contributed by atoms with E-state index in [1.165, 1.54) is 0 Å². The predicted octanol–water partition coefficient (Wildman–Crippen LogP) is 2.18. The third-order valence-corrected chi connectivity index (χ3v) is 2.70. The maximum absolute atomic E-state index is 11.7. The van der Waals surface area contributed by atoms with E-state index >= 15 is 0 Å². The highest BCUT2D eigenvalue weighted by atomic mass is 16.1. The third kappa shape index (κ3) is 4.03. The molecule has 4 nitrogen and oxygen atoms in total. The Balaban J connectivity index is 2.18. The molecule has 4 heteroatoms. The van der Waals surface area contributed by atoms with Gasteiger partial charge in [0, 0.05) is 18.2 Å². The molecule has 0 saturated heterocycles. The first-order valence-corrected chi connectivity index (χ1v) is 6.51. The molecule has 0 bridgehead atoms. The van der Waals surface area contributed by atoms with Crippen LogP contribution in [0.3, 0.4) is 0 Å². The predicted molar refractivity (Wildman–Crippen MR) is 76.8 cm³/mol. The summed E-state index contributed by atoms with van der Waals surface area (Å²) in [5, 5.41) is 3.29. The summed E-state index contributed by atoms with van der Waals surface area (Å²) < 4.78 is 0. The first-order valence-electron chi connectivity index (χ1n) is 6.51. The number of H-pyrrole nitrogens is 1. The number of hydrogen-bond acceptors (Lipinski definition) is 3. The molecule has 1 aromatic carbocycles.